The Kier molecular flexibility index (Phi) is 4.55. The van der Waals surface area contributed by atoms with E-state index in [0.717, 1.165) is 0 Å². The summed E-state index contributed by atoms with van der Waals surface area (Å²) < 4.78 is 6.52. The fourth-order valence-electron chi connectivity index (χ4n) is 1.80. The van der Waals surface area contributed by atoms with Crippen LogP contribution in [0.5, 0.6) is 5.75 Å². The van der Waals surface area contributed by atoms with Crippen molar-refractivity contribution in [1.29, 1.82) is 0 Å². The highest BCUT2D eigenvalue weighted by atomic mass is 16.5. The molecule has 0 aliphatic heterocycles. The lowest BCUT2D eigenvalue weighted by atomic mass is 10.2. The van der Waals surface area contributed by atoms with Crippen molar-refractivity contribution in [2.45, 2.75) is 13.0 Å². The minimum Gasteiger partial charge on any atom is -0.495 e. The third-order valence-corrected chi connectivity index (χ3v) is 2.87. The van der Waals surface area contributed by atoms with Crippen molar-refractivity contribution in [3.05, 3.63) is 47.1 Å². The summed E-state index contributed by atoms with van der Waals surface area (Å²) in [5.41, 5.74) is 6.51. The summed E-state index contributed by atoms with van der Waals surface area (Å²) >= 11 is 0. The van der Waals surface area contributed by atoms with E-state index in [2.05, 4.69) is 10.3 Å². The van der Waals surface area contributed by atoms with Gasteiger partial charge in [-0.15, -0.1) is 0 Å². The molecule has 0 saturated heterocycles. The van der Waals surface area contributed by atoms with E-state index in [1.807, 2.05) is 0 Å². The van der Waals surface area contributed by atoms with Crippen molar-refractivity contribution in [1.82, 2.24) is 9.55 Å². The van der Waals surface area contributed by atoms with Crippen LogP contribution < -0.4 is 21.3 Å². The maximum absolute atomic E-state index is 11.9. The molecular formula is C14H16N4O3. The average molecular weight is 288 g/mol. The molecule has 21 heavy (non-hydrogen) atoms. The standard InChI is InChI=1S/C14H16N4O3/c1-21-12-3-2-10(15)8-11(12)17-13(19)5-7-18-9-16-6-4-14(18)20/h2-4,6,8-9H,5,7,15H2,1H3,(H,17,19). The summed E-state index contributed by atoms with van der Waals surface area (Å²) in [5, 5.41) is 2.71. The monoisotopic (exact) mass is 288 g/mol. The van der Waals surface area contributed by atoms with E-state index in [4.69, 9.17) is 10.5 Å². The second-order valence-corrected chi connectivity index (χ2v) is 4.37. The van der Waals surface area contributed by atoms with E-state index in [-0.39, 0.29) is 24.4 Å². The number of hydrogen-bond acceptors (Lipinski definition) is 5. The average Bonchev–Trinajstić information content (AvgIpc) is 2.47. The largest absolute Gasteiger partial charge is 0.495 e. The number of nitrogens with one attached hydrogen (secondary N) is 1. The van der Waals surface area contributed by atoms with Crippen molar-refractivity contribution < 1.29 is 9.53 Å². The van der Waals surface area contributed by atoms with Crippen LogP contribution in [-0.4, -0.2) is 22.6 Å². The molecule has 110 valence electrons. The maximum Gasteiger partial charge on any atom is 0.253 e. The lowest BCUT2D eigenvalue weighted by Gasteiger charge is -2.11. The molecule has 7 heteroatoms. The summed E-state index contributed by atoms with van der Waals surface area (Å²) in [6.45, 7) is 0.253. The Labute approximate surface area is 121 Å². The highest BCUT2D eigenvalue weighted by Crippen LogP contribution is 2.26. The number of aromatic nitrogens is 2. The van der Waals surface area contributed by atoms with Gasteiger partial charge in [0.1, 0.15) is 5.75 Å². The van der Waals surface area contributed by atoms with Crippen LogP contribution in [0.1, 0.15) is 6.42 Å². The van der Waals surface area contributed by atoms with Gasteiger partial charge in [-0.25, -0.2) is 4.98 Å². The van der Waals surface area contributed by atoms with Gasteiger partial charge in [0.05, 0.1) is 19.1 Å². The van der Waals surface area contributed by atoms with Gasteiger partial charge in [-0.2, -0.15) is 0 Å². The molecule has 0 aliphatic carbocycles. The highest BCUT2D eigenvalue weighted by molar-refractivity contribution is 5.92. The van der Waals surface area contributed by atoms with Crippen molar-refractivity contribution >= 4 is 17.3 Å². The highest BCUT2D eigenvalue weighted by Gasteiger charge is 2.08. The third kappa shape index (κ3) is 3.82. The summed E-state index contributed by atoms with van der Waals surface area (Å²) in [7, 11) is 1.51. The molecule has 0 fully saturated rings. The van der Waals surface area contributed by atoms with Crippen molar-refractivity contribution in [3.8, 4) is 5.75 Å². The second-order valence-electron chi connectivity index (χ2n) is 4.37. The molecule has 2 rings (SSSR count). The summed E-state index contributed by atoms with van der Waals surface area (Å²) in [6.07, 6.45) is 2.96. The summed E-state index contributed by atoms with van der Waals surface area (Å²) in [6, 6.07) is 6.33. The molecule has 3 N–H and O–H groups in total. The first-order valence-electron chi connectivity index (χ1n) is 6.34. The van der Waals surface area contributed by atoms with Crippen LogP contribution in [-0.2, 0) is 11.3 Å². The van der Waals surface area contributed by atoms with Gasteiger partial charge in [0.15, 0.2) is 0 Å². The van der Waals surface area contributed by atoms with E-state index in [1.165, 1.54) is 30.3 Å². The van der Waals surface area contributed by atoms with E-state index in [9.17, 15) is 9.59 Å². The van der Waals surface area contributed by atoms with Crippen LogP contribution >= 0.6 is 0 Å². The maximum atomic E-state index is 11.9. The lowest BCUT2D eigenvalue weighted by molar-refractivity contribution is -0.116. The molecule has 1 amide bonds. The quantitative estimate of drug-likeness (QED) is 0.795. The second kappa shape index (κ2) is 6.56. The molecule has 1 heterocycles. The van der Waals surface area contributed by atoms with Crippen LogP contribution in [0.15, 0.2) is 41.6 Å². The number of hydrogen-bond donors (Lipinski definition) is 2. The van der Waals surface area contributed by atoms with Crippen LogP contribution in [0.25, 0.3) is 0 Å². The molecule has 0 unspecified atom stereocenters. The summed E-state index contributed by atoms with van der Waals surface area (Å²) in [5.74, 6) is 0.283. The Morgan fingerprint density at radius 3 is 2.95 bits per heavy atom. The van der Waals surface area contributed by atoms with Gasteiger partial charge in [0, 0.05) is 30.9 Å². The number of amides is 1. The number of carbonyl (C=O) groups is 1. The zero-order chi connectivity index (χ0) is 15.2. The van der Waals surface area contributed by atoms with E-state index in [0.29, 0.717) is 17.1 Å². The molecule has 0 atom stereocenters. The number of nitrogens with two attached hydrogens (primary N) is 1. The number of anilines is 2. The fourth-order valence-corrected chi connectivity index (χ4v) is 1.80. The number of carbonyl (C=O) groups excluding carboxylic acids is 1. The first-order chi connectivity index (χ1) is 10.1. The van der Waals surface area contributed by atoms with Gasteiger partial charge in [0.2, 0.25) is 5.91 Å². The molecule has 0 bridgehead atoms. The van der Waals surface area contributed by atoms with Crippen LogP contribution in [0.3, 0.4) is 0 Å². The number of rotatable bonds is 5. The molecule has 1 aromatic carbocycles. The van der Waals surface area contributed by atoms with Gasteiger partial charge in [-0.3, -0.25) is 14.2 Å². The Bertz CT molecular complexity index is 697. The molecule has 2 aromatic rings. The minimum absolute atomic E-state index is 0.142. The van der Waals surface area contributed by atoms with Gasteiger partial charge < -0.3 is 15.8 Å². The number of nitrogen functional groups attached to an aromatic ring is 1. The first kappa shape index (κ1) is 14.6. The topological polar surface area (TPSA) is 99.2 Å². The fraction of sp³-hybridized carbons (Fsp3) is 0.214. The molecule has 0 saturated carbocycles. The molecule has 0 aliphatic rings. The number of methoxy groups -OCH3 is 1. The Hall–Kier alpha value is -2.83. The van der Waals surface area contributed by atoms with Gasteiger partial charge >= 0.3 is 0 Å². The van der Waals surface area contributed by atoms with E-state index < -0.39 is 0 Å². The molecule has 0 radical (unpaired) electrons. The number of benzene rings is 1. The number of ether oxygens (including phenoxy) is 1. The smallest absolute Gasteiger partial charge is 0.253 e. The first-order valence-corrected chi connectivity index (χ1v) is 6.34. The van der Waals surface area contributed by atoms with Crippen LogP contribution in [0, 0.1) is 0 Å². The molecule has 1 aromatic heterocycles. The Morgan fingerprint density at radius 1 is 1.43 bits per heavy atom. The van der Waals surface area contributed by atoms with Crippen LogP contribution in [0.2, 0.25) is 0 Å². The van der Waals surface area contributed by atoms with Crippen LogP contribution in [0.4, 0.5) is 11.4 Å². The van der Waals surface area contributed by atoms with Crippen molar-refractivity contribution in [2.24, 2.45) is 0 Å². The zero-order valence-electron chi connectivity index (χ0n) is 11.6. The van der Waals surface area contributed by atoms with E-state index >= 15 is 0 Å². The SMILES string of the molecule is COc1ccc(N)cc1NC(=O)CCn1cnccc1=O. The number of nitrogens with zero attached hydrogens (tertiary/aromatic N) is 2. The van der Waals surface area contributed by atoms with Gasteiger partial charge in [0.25, 0.3) is 5.56 Å². The van der Waals surface area contributed by atoms with Gasteiger partial charge in [-0.05, 0) is 18.2 Å². The van der Waals surface area contributed by atoms with Crippen molar-refractivity contribution in [3.63, 3.8) is 0 Å². The van der Waals surface area contributed by atoms with Crippen molar-refractivity contribution in [2.75, 3.05) is 18.2 Å². The van der Waals surface area contributed by atoms with Gasteiger partial charge in [-0.1, -0.05) is 0 Å². The minimum atomic E-state index is -0.241. The third-order valence-electron chi connectivity index (χ3n) is 2.87. The molecule has 7 nitrogen and oxygen atoms in total. The lowest BCUT2D eigenvalue weighted by Crippen LogP contribution is -2.22. The number of aryl methyl sites for hydroxylation is 1. The normalized spacial score (nSPS) is 10.1. The van der Waals surface area contributed by atoms with E-state index in [1.54, 1.807) is 18.2 Å². The predicted octanol–water partition coefficient (Wildman–Crippen LogP) is 0.863. The Balaban J connectivity index is 2.01. The predicted molar refractivity (Wildman–Crippen MR) is 79.2 cm³/mol. The summed E-state index contributed by atoms with van der Waals surface area (Å²) in [4.78, 5) is 27.3. The zero-order valence-corrected chi connectivity index (χ0v) is 11.6. The molecule has 0 spiro atoms. The Morgan fingerprint density at radius 2 is 2.24 bits per heavy atom. The molecular weight excluding hydrogens is 272 g/mol.